The quantitative estimate of drug-likeness (QED) is 0.774. The van der Waals surface area contributed by atoms with Gasteiger partial charge in [-0.3, -0.25) is 4.79 Å². The van der Waals surface area contributed by atoms with Gasteiger partial charge in [0.15, 0.2) is 0 Å². The third-order valence-electron chi connectivity index (χ3n) is 4.04. The van der Waals surface area contributed by atoms with Gasteiger partial charge in [0.25, 0.3) is 0 Å². The van der Waals surface area contributed by atoms with Crippen LogP contribution in [0.4, 0.5) is 0 Å². The fraction of sp³-hybridized carbons (Fsp3) is 0.929. The fourth-order valence-corrected chi connectivity index (χ4v) is 3.18. The van der Waals surface area contributed by atoms with Gasteiger partial charge in [-0.25, -0.2) is 0 Å². The van der Waals surface area contributed by atoms with Crippen LogP contribution in [-0.2, 0) is 4.79 Å². The zero-order valence-electron chi connectivity index (χ0n) is 12.6. The van der Waals surface area contributed by atoms with E-state index < -0.39 is 0 Å². The van der Waals surface area contributed by atoms with E-state index in [9.17, 15) is 9.90 Å². The molecule has 2 atom stereocenters. The zero-order valence-corrected chi connectivity index (χ0v) is 13.4. The van der Waals surface area contributed by atoms with Crippen molar-refractivity contribution in [2.24, 2.45) is 5.92 Å². The van der Waals surface area contributed by atoms with Gasteiger partial charge in [0, 0.05) is 23.3 Å². The van der Waals surface area contributed by atoms with Crippen molar-refractivity contribution in [2.45, 2.75) is 50.9 Å². The summed E-state index contributed by atoms with van der Waals surface area (Å²) in [4.78, 5) is 14.6. The van der Waals surface area contributed by atoms with Gasteiger partial charge in [0.05, 0.1) is 6.61 Å². The van der Waals surface area contributed by atoms with Crippen molar-refractivity contribution in [1.29, 1.82) is 0 Å². The number of carbonyl (C=O) groups is 1. The number of carbonyl (C=O) groups excluding carboxylic acids is 1. The molecule has 0 saturated carbocycles. The van der Waals surface area contributed by atoms with Gasteiger partial charge in [-0.2, -0.15) is 11.8 Å². The van der Waals surface area contributed by atoms with Crippen molar-refractivity contribution in [3.8, 4) is 0 Å². The number of aliphatic hydroxyl groups excluding tert-OH is 1. The van der Waals surface area contributed by atoms with Crippen molar-refractivity contribution in [1.82, 2.24) is 10.2 Å². The van der Waals surface area contributed by atoms with Crippen LogP contribution < -0.4 is 5.32 Å². The minimum Gasteiger partial charge on any atom is -0.395 e. The van der Waals surface area contributed by atoms with E-state index in [1.807, 2.05) is 13.2 Å². The predicted molar refractivity (Wildman–Crippen MR) is 81.4 cm³/mol. The number of likely N-dealkylation sites (tertiary alicyclic amines) is 1. The van der Waals surface area contributed by atoms with E-state index in [1.165, 1.54) is 0 Å². The van der Waals surface area contributed by atoms with Crippen LogP contribution in [0, 0.1) is 5.92 Å². The van der Waals surface area contributed by atoms with Crippen LogP contribution in [0.25, 0.3) is 0 Å². The average molecular weight is 288 g/mol. The Morgan fingerprint density at radius 3 is 2.37 bits per heavy atom. The number of amides is 1. The number of hydrogen-bond acceptors (Lipinski definition) is 4. The lowest BCUT2D eigenvalue weighted by atomic mass is 9.94. The maximum atomic E-state index is 12.2. The Morgan fingerprint density at radius 2 is 1.95 bits per heavy atom. The van der Waals surface area contributed by atoms with Gasteiger partial charge in [-0.05, 0) is 53.0 Å². The third kappa shape index (κ3) is 4.97. The Labute approximate surface area is 121 Å². The molecule has 0 bridgehead atoms. The monoisotopic (exact) mass is 288 g/mol. The number of nitrogens with zero attached hydrogens (tertiary/aromatic N) is 1. The second-order valence-corrected chi connectivity index (χ2v) is 6.73. The number of hydrogen-bond donors (Lipinski definition) is 2. The van der Waals surface area contributed by atoms with Gasteiger partial charge < -0.3 is 15.3 Å². The molecule has 1 heterocycles. The van der Waals surface area contributed by atoms with Crippen LogP contribution in [0.3, 0.4) is 0 Å². The molecule has 1 rings (SSSR count). The van der Waals surface area contributed by atoms with Crippen LogP contribution in [0.5, 0.6) is 0 Å². The highest BCUT2D eigenvalue weighted by Gasteiger charge is 2.27. The highest BCUT2D eigenvalue weighted by Crippen LogP contribution is 2.20. The second kappa shape index (κ2) is 8.12. The molecule has 1 fully saturated rings. The molecule has 5 heteroatoms. The lowest BCUT2D eigenvalue weighted by molar-refractivity contribution is -0.127. The Bertz CT molecular complexity index is 275. The summed E-state index contributed by atoms with van der Waals surface area (Å²) in [6.45, 7) is 8.50. The Kier molecular flexibility index (Phi) is 7.18. The smallest absolute Gasteiger partial charge is 0.223 e. The van der Waals surface area contributed by atoms with Crippen molar-refractivity contribution in [3.63, 3.8) is 0 Å². The van der Waals surface area contributed by atoms with Gasteiger partial charge in [-0.15, -0.1) is 0 Å². The second-order valence-electron chi connectivity index (χ2n) is 5.66. The average Bonchev–Trinajstić information content (AvgIpc) is 2.40. The molecule has 0 aromatic heterocycles. The molecule has 0 aromatic rings. The molecule has 1 aliphatic heterocycles. The highest BCUT2D eigenvalue weighted by molar-refractivity contribution is 7.99. The van der Waals surface area contributed by atoms with E-state index in [1.54, 1.807) is 11.8 Å². The van der Waals surface area contributed by atoms with E-state index in [-0.39, 0.29) is 29.7 Å². The van der Waals surface area contributed by atoms with E-state index in [0.29, 0.717) is 6.04 Å². The van der Waals surface area contributed by atoms with Gasteiger partial charge >= 0.3 is 0 Å². The van der Waals surface area contributed by atoms with Gasteiger partial charge in [0.1, 0.15) is 0 Å². The van der Waals surface area contributed by atoms with E-state index in [2.05, 4.69) is 24.1 Å². The first-order chi connectivity index (χ1) is 8.99. The molecule has 1 amide bonds. The van der Waals surface area contributed by atoms with Crippen LogP contribution in [-0.4, -0.2) is 59.2 Å². The summed E-state index contributed by atoms with van der Waals surface area (Å²) in [6.07, 6.45) is 3.85. The lowest BCUT2D eigenvalue weighted by Crippen LogP contribution is -2.47. The molecule has 0 unspecified atom stereocenters. The zero-order chi connectivity index (χ0) is 14.4. The Morgan fingerprint density at radius 1 is 1.37 bits per heavy atom. The van der Waals surface area contributed by atoms with Gasteiger partial charge in [-0.1, -0.05) is 0 Å². The number of aliphatic hydroxyl groups is 1. The fourth-order valence-electron chi connectivity index (χ4n) is 2.55. The van der Waals surface area contributed by atoms with Crippen LogP contribution >= 0.6 is 11.8 Å². The van der Waals surface area contributed by atoms with E-state index >= 15 is 0 Å². The SMILES string of the molecule is CS[C@H](CO)[C@H](C)NC(=O)C1CCN(C(C)C)CC1. The summed E-state index contributed by atoms with van der Waals surface area (Å²) in [5.74, 6) is 0.294. The summed E-state index contributed by atoms with van der Waals surface area (Å²) in [7, 11) is 0. The summed E-state index contributed by atoms with van der Waals surface area (Å²) < 4.78 is 0. The summed E-state index contributed by atoms with van der Waals surface area (Å²) in [5.41, 5.74) is 0. The van der Waals surface area contributed by atoms with Crippen LogP contribution in [0.2, 0.25) is 0 Å². The molecule has 0 aliphatic carbocycles. The van der Waals surface area contributed by atoms with Crippen molar-refractivity contribution in [3.05, 3.63) is 0 Å². The number of piperidine rings is 1. The molecule has 2 N–H and O–H groups in total. The summed E-state index contributed by atoms with van der Waals surface area (Å²) in [6, 6.07) is 0.592. The standard InChI is InChI=1S/C14H28N2O2S/c1-10(2)16-7-5-12(6-8-16)14(18)15-11(3)13(9-17)19-4/h10-13,17H,5-9H2,1-4H3,(H,15,18)/t11-,13+/m0/s1. The first kappa shape index (κ1) is 16.8. The Balaban J connectivity index is 2.39. The molecule has 0 spiro atoms. The largest absolute Gasteiger partial charge is 0.395 e. The summed E-state index contributed by atoms with van der Waals surface area (Å²) >= 11 is 1.60. The molecule has 0 radical (unpaired) electrons. The topological polar surface area (TPSA) is 52.6 Å². The van der Waals surface area contributed by atoms with Crippen LogP contribution in [0.15, 0.2) is 0 Å². The maximum absolute atomic E-state index is 12.2. The minimum atomic E-state index is 0.0237. The molecule has 1 saturated heterocycles. The third-order valence-corrected chi connectivity index (χ3v) is 5.20. The number of rotatable bonds is 6. The number of nitrogens with one attached hydrogen (secondary N) is 1. The van der Waals surface area contributed by atoms with E-state index in [0.717, 1.165) is 25.9 Å². The van der Waals surface area contributed by atoms with Crippen molar-refractivity contribution >= 4 is 17.7 Å². The van der Waals surface area contributed by atoms with Crippen molar-refractivity contribution < 1.29 is 9.90 Å². The molecular weight excluding hydrogens is 260 g/mol. The van der Waals surface area contributed by atoms with Crippen LogP contribution in [0.1, 0.15) is 33.6 Å². The highest BCUT2D eigenvalue weighted by atomic mass is 32.2. The maximum Gasteiger partial charge on any atom is 0.223 e. The molecule has 112 valence electrons. The molecule has 1 aliphatic rings. The molecule has 19 heavy (non-hydrogen) atoms. The number of thioether (sulfide) groups is 1. The Hall–Kier alpha value is -0.260. The van der Waals surface area contributed by atoms with Crippen molar-refractivity contribution in [2.75, 3.05) is 26.0 Å². The van der Waals surface area contributed by atoms with E-state index in [4.69, 9.17) is 0 Å². The summed E-state index contributed by atoms with van der Waals surface area (Å²) in [5, 5.41) is 12.4. The predicted octanol–water partition coefficient (Wildman–Crippen LogP) is 1.34. The molecule has 0 aromatic carbocycles. The minimum absolute atomic E-state index is 0.0237. The lowest BCUT2D eigenvalue weighted by Gasteiger charge is -2.34. The van der Waals surface area contributed by atoms with Gasteiger partial charge in [0.2, 0.25) is 5.91 Å². The molecule has 4 nitrogen and oxygen atoms in total. The first-order valence-electron chi connectivity index (χ1n) is 7.17. The first-order valence-corrected chi connectivity index (χ1v) is 8.46. The normalized spacial score (nSPS) is 21.4. The molecular formula is C14H28N2O2S.